The number of amides is 1. The maximum absolute atomic E-state index is 13.3. The van der Waals surface area contributed by atoms with Gasteiger partial charge in [0.05, 0.1) is 23.3 Å². The number of carbonyl (C=O) groups excluding carboxylic acids is 1. The molecule has 2 aliphatic heterocycles. The maximum Gasteiger partial charge on any atom is 0.261 e. The van der Waals surface area contributed by atoms with Gasteiger partial charge in [-0.05, 0) is 36.0 Å². The van der Waals surface area contributed by atoms with Crippen LogP contribution < -0.4 is 15.3 Å². The minimum atomic E-state index is -3.48. The molecule has 1 amide bonds. The molecule has 3 rings (SSSR count). The average molecular weight is 483 g/mol. The van der Waals surface area contributed by atoms with Crippen LogP contribution in [0.1, 0.15) is 41.0 Å². The Bertz CT molecular complexity index is 1140. The maximum atomic E-state index is 13.3. The molecule has 3 N–H and O–H groups in total. The highest BCUT2D eigenvalue weighted by Crippen LogP contribution is 2.37. The van der Waals surface area contributed by atoms with Gasteiger partial charge in [0.25, 0.3) is 5.91 Å². The van der Waals surface area contributed by atoms with E-state index in [1.54, 1.807) is 11.0 Å². The van der Waals surface area contributed by atoms with E-state index in [9.17, 15) is 22.9 Å². The molecule has 0 radical (unpaired) electrons. The standard InChI is InChI=1S/C21H31N4O5PS/c1-12(2)17-18(26)16(20(27)25(17)10-9-21(3,4)5)19-22-14-8-7-13(24-32(6,29)30)11-15(14)31(28)23-19/h7-8,11-12,17,24,26,31H,9-10H2,1-6H3,(H,22,23,28)/t17-/m1/s1. The number of nitrogens with one attached hydrogen (secondary N) is 2. The van der Waals surface area contributed by atoms with Gasteiger partial charge in [-0.25, -0.2) is 13.2 Å². The third-order valence-corrected chi connectivity index (χ3v) is 7.25. The molecule has 0 saturated carbocycles. The van der Waals surface area contributed by atoms with Crippen molar-refractivity contribution < 1.29 is 22.9 Å². The number of fused-ring (bicyclic) bond motifs is 1. The molecule has 1 aromatic rings. The molecule has 0 bridgehead atoms. The van der Waals surface area contributed by atoms with Crippen molar-refractivity contribution in [2.24, 2.45) is 16.1 Å². The number of aliphatic hydroxyl groups excluding tert-OH is 1. The summed E-state index contributed by atoms with van der Waals surface area (Å²) >= 11 is 0. The number of aliphatic hydroxyl groups is 1. The molecule has 1 aromatic carbocycles. The summed E-state index contributed by atoms with van der Waals surface area (Å²) in [4.78, 5) is 15.0. The molecule has 2 aliphatic rings. The van der Waals surface area contributed by atoms with Crippen molar-refractivity contribution in [3.8, 4) is 0 Å². The van der Waals surface area contributed by atoms with Gasteiger partial charge in [-0.1, -0.05) is 34.6 Å². The molecule has 176 valence electrons. The minimum Gasteiger partial charge on any atom is -0.509 e. The highest BCUT2D eigenvalue weighted by molar-refractivity contribution is 7.92. The second-order valence-electron chi connectivity index (χ2n) is 9.78. The monoisotopic (exact) mass is 482 g/mol. The number of nitrogens with zero attached hydrogens (tertiary/aromatic N) is 2. The van der Waals surface area contributed by atoms with E-state index in [2.05, 4.69) is 35.6 Å². The second kappa shape index (κ2) is 8.56. The number of hydrogen-bond donors (Lipinski definition) is 3. The van der Waals surface area contributed by atoms with Crippen LogP contribution in [0.15, 0.2) is 34.3 Å². The van der Waals surface area contributed by atoms with Crippen molar-refractivity contribution in [2.75, 3.05) is 22.8 Å². The highest BCUT2D eigenvalue weighted by Gasteiger charge is 2.44. The molecule has 11 heteroatoms. The van der Waals surface area contributed by atoms with Crippen molar-refractivity contribution in [3.63, 3.8) is 0 Å². The average Bonchev–Trinajstić information content (AvgIpc) is 2.88. The molecular formula is C21H31N4O5PS. The Hall–Kier alpha value is -2.32. The number of anilines is 2. The summed E-state index contributed by atoms with van der Waals surface area (Å²) in [5.74, 6) is -0.352. The molecule has 0 fully saturated rings. The molecule has 32 heavy (non-hydrogen) atoms. The minimum absolute atomic E-state index is 0.0165. The molecule has 1 unspecified atom stereocenters. The summed E-state index contributed by atoms with van der Waals surface area (Å²) in [6.07, 6.45) is 1.79. The van der Waals surface area contributed by atoms with Crippen LogP contribution >= 0.6 is 7.95 Å². The zero-order chi connectivity index (χ0) is 24.0. The van der Waals surface area contributed by atoms with Crippen LogP contribution in [0.4, 0.5) is 11.4 Å². The van der Waals surface area contributed by atoms with Crippen LogP contribution in [0.5, 0.6) is 0 Å². The topological polar surface area (TPSA) is 128 Å². The number of carbonyl (C=O) groups is 1. The summed E-state index contributed by atoms with van der Waals surface area (Å²) in [6, 6.07) is 4.09. The first kappa shape index (κ1) is 24.3. The van der Waals surface area contributed by atoms with Gasteiger partial charge < -0.3 is 15.3 Å². The van der Waals surface area contributed by atoms with Gasteiger partial charge in [0.15, 0.2) is 0 Å². The van der Waals surface area contributed by atoms with Crippen molar-refractivity contribution >= 4 is 46.4 Å². The molecule has 0 spiro atoms. The Balaban J connectivity index is 1.93. The normalized spacial score (nSPS) is 21.5. The Kier molecular flexibility index (Phi) is 6.50. The van der Waals surface area contributed by atoms with Gasteiger partial charge in [0, 0.05) is 12.2 Å². The molecule has 2 atom stereocenters. The molecule has 0 aliphatic carbocycles. The van der Waals surface area contributed by atoms with Crippen LogP contribution in [0, 0.1) is 11.3 Å². The van der Waals surface area contributed by atoms with E-state index in [-0.39, 0.29) is 40.1 Å². The van der Waals surface area contributed by atoms with Gasteiger partial charge in [-0.3, -0.25) is 14.1 Å². The smallest absolute Gasteiger partial charge is 0.261 e. The van der Waals surface area contributed by atoms with Gasteiger partial charge >= 0.3 is 0 Å². The van der Waals surface area contributed by atoms with E-state index in [0.29, 0.717) is 17.5 Å². The second-order valence-corrected chi connectivity index (χ2v) is 12.9. The summed E-state index contributed by atoms with van der Waals surface area (Å²) in [7, 11) is -6.21. The predicted octanol–water partition coefficient (Wildman–Crippen LogP) is 3.10. The number of hydrogen-bond acceptors (Lipinski definition) is 6. The zero-order valence-electron chi connectivity index (χ0n) is 19.2. The lowest BCUT2D eigenvalue weighted by Gasteiger charge is -2.31. The SMILES string of the molecule is CC(C)[C@@H]1C(O)=C(C2=N[PH](=O)c3cc(NS(C)(=O)=O)ccc3N2)C(=O)N1CCC(C)(C)C. The molecular weight excluding hydrogens is 451 g/mol. The first-order chi connectivity index (χ1) is 14.7. The van der Waals surface area contributed by atoms with E-state index in [0.717, 1.165) is 12.7 Å². The van der Waals surface area contributed by atoms with Gasteiger partial charge in [0.1, 0.15) is 17.2 Å². The third kappa shape index (κ3) is 5.18. The van der Waals surface area contributed by atoms with Crippen molar-refractivity contribution in [3.05, 3.63) is 29.5 Å². The Morgan fingerprint density at radius 3 is 2.53 bits per heavy atom. The van der Waals surface area contributed by atoms with Crippen molar-refractivity contribution in [1.29, 1.82) is 0 Å². The van der Waals surface area contributed by atoms with E-state index < -0.39 is 24.0 Å². The number of benzene rings is 1. The van der Waals surface area contributed by atoms with Gasteiger partial charge in [-0.2, -0.15) is 0 Å². The Morgan fingerprint density at radius 1 is 1.31 bits per heavy atom. The third-order valence-electron chi connectivity index (χ3n) is 5.34. The Labute approximate surface area is 189 Å². The van der Waals surface area contributed by atoms with Gasteiger partial charge in [-0.15, -0.1) is 0 Å². The fourth-order valence-electron chi connectivity index (χ4n) is 3.81. The number of sulfonamides is 1. The zero-order valence-corrected chi connectivity index (χ0v) is 21.0. The first-order valence-electron chi connectivity index (χ1n) is 10.4. The summed E-state index contributed by atoms with van der Waals surface area (Å²) < 4.78 is 42.4. The van der Waals surface area contributed by atoms with Crippen molar-refractivity contribution in [2.45, 2.75) is 47.1 Å². The number of rotatable bonds is 6. The summed E-state index contributed by atoms with van der Waals surface area (Å²) in [5.41, 5.74) is 0.792. The quantitative estimate of drug-likeness (QED) is 0.535. The fourth-order valence-corrected chi connectivity index (χ4v) is 5.51. The van der Waals surface area contributed by atoms with Crippen LogP contribution in [-0.2, 0) is 19.4 Å². The van der Waals surface area contributed by atoms with Crippen LogP contribution in [0.3, 0.4) is 0 Å². The van der Waals surface area contributed by atoms with Crippen LogP contribution in [-0.4, -0.2) is 49.0 Å². The fraction of sp³-hybridized carbons (Fsp3) is 0.524. The van der Waals surface area contributed by atoms with E-state index >= 15 is 0 Å². The van der Waals surface area contributed by atoms with Crippen LogP contribution in [0.25, 0.3) is 0 Å². The lowest BCUT2D eigenvalue weighted by atomic mass is 9.91. The van der Waals surface area contributed by atoms with E-state index in [4.69, 9.17) is 0 Å². The first-order valence-corrected chi connectivity index (χ1v) is 13.7. The number of amidine groups is 1. The molecule has 0 saturated heterocycles. The largest absolute Gasteiger partial charge is 0.509 e. The molecule has 2 heterocycles. The summed E-state index contributed by atoms with van der Waals surface area (Å²) in [5, 5.41) is 14.3. The van der Waals surface area contributed by atoms with E-state index in [1.807, 2.05) is 13.8 Å². The predicted molar refractivity (Wildman–Crippen MR) is 129 cm³/mol. The highest BCUT2D eigenvalue weighted by atomic mass is 32.2. The van der Waals surface area contributed by atoms with Crippen molar-refractivity contribution in [1.82, 2.24) is 4.90 Å². The molecule has 0 aromatic heterocycles. The van der Waals surface area contributed by atoms with Gasteiger partial charge in [0.2, 0.25) is 18.0 Å². The van der Waals surface area contributed by atoms with Crippen LogP contribution in [0.2, 0.25) is 0 Å². The lowest BCUT2D eigenvalue weighted by Crippen LogP contribution is -2.41. The Morgan fingerprint density at radius 2 is 1.97 bits per heavy atom. The van der Waals surface area contributed by atoms with E-state index in [1.165, 1.54) is 12.1 Å². The lowest BCUT2D eigenvalue weighted by molar-refractivity contribution is -0.127. The summed E-state index contributed by atoms with van der Waals surface area (Å²) in [6.45, 7) is 10.6. The molecule has 9 nitrogen and oxygen atoms in total.